The maximum Gasteiger partial charge on any atom is 0.178 e. The average molecular weight is 239 g/mol. The van der Waals surface area contributed by atoms with Gasteiger partial charge in [-0.25, -0.2) is 4.52 Å². The van der Waals surface area contributed by atoms with Gasteiger partial charge in [-0.05, 0) is 18.9 Å². The topological polar surface area (TPSA) is 35.5 Å². The molecule has 2 atom stereocenters. The van der Waals surface area contributed by atoms with Gasteiger partial charge in [0.25, 0.3) is 0 Å². The standard InChI is InChI=1S/C12H18NO2P/c1-11-8-9-13(2)16(14,15-11)10-12-6-4-3-5-7-12/h3-7,11H,8-10H2,1-2H3/t11-,16?/m0/s1. The van der Waals surface area contributed by atoms with Crippen molar-refractivity contribution in [1.82, 2.24) is 4.67 Å². The van der Waals surface area contributed by atoms with Crippen LogP contribution in [-0.4, -0.2) is 24.4 Å². The van der Waals surface area contributed by atoms with E-state index < -0.39 is 7.87 Å². The van der Waals surface area contributed by atoms with E-state index in [1.165, 1.54) is 0 Å². The van der Waals surface area contributed by atoms with Gasteiger partial charge in [0, 0.05) is 13.6 Å². The summed E-state index contributed by atoms with van der Waals surface area (Å²) in [5.41, 5.74) is 1.08. The lowest BCUT2D eigenvalue weighted by molar-refractivity contribution is -0.215. The Kier molecular flexibility index (Phi) is 3.60. The largest absolute Gasteiger partial charge is 0.641 e. The molecule has 88 valence electrons. The summed E-state index contributed by atoms with van der Waals surface area (Å²) in [6.07, 6.45) is 1.56. The molecule has 1 heterocycles. The van der Waals surface area contributed by atoms with Gasteiger partial charge < -0.3 is 4.89 Å². The molecule has 1 saturated heterocycles. The molecular formula is C12H18NO2P. The molecule has 4 heteroatoms. The van der Waals surface area contributed by atoms with E-state index in [9.17, 15) is 4.89 Å². The first-order chi connectivity index (χ1) is 7.60. The van der Waals surface area contributed by atoms with Gasteiger partial charge in [-0.15, -0.1) is 0 Å². The maximum absolute atomic E-state index is 12.6. The van der Waals surface area contributed by atoms with Crippen molar-refractivity contribution in [3.05, 3.63) is 35.9 Å². The van der Waals surface area contributed by atoms with Crippen LogP contribution in [0.15, 0.2) is 30.3 Å². The summed E-state index contributed by atoms with van der Waals surface area (Å²) >= 11 is 0. The molecule has 0 N–H and O–H groups in total. The molecule has 1 aliphatic rings. The average Bonchev–Trinajstić information content (AvgIpc) is 2.25. The first-order valence-corrected chi connectivity index (χ1v) is 7.39. The second-order valence-electron chi connectivity index (χ2n) is 4.37. The van der Waals surface area contributed by atoms with E-state index in [4.69, 9.17) is 4.52 Å². The molecule has 1 aromatic carbocycles. The monoisotopic (exact) mass is 239 g/mol. The van der Waals surface area contributed by atoms with Crippen LogP contribution in [0.25, 0.3) is 0 Å². The van der Waals surface area contributed by atoms with E-state index in [0.717, 1.165) is 18.5 Å². The van der Waals surface area contributed by atoms with Crippen molar-refractivity contribution in [2.45, 2.75) is 25.6 Å². The molecule has 3 nitrogen and oxygen atoms in total. The van der Waals surface area contributed by atoms with Gasteiger partial charge in [0.2, 0.25) is 0 Å². The van der Waals surface area contributed by atoms with Gasteiger partial charge in [0.15, 0.2) is 7.87 Å². The lowest BCUT2D eigenvalue weighted by Crippen LogP contribution is -2.39. The molecule has 16 heavy (non-hydrogen) atoms. The first-order valence-electron chi connectivity index (χ1n) is 5.63. The molecule has 1 fully saturated rings. The van der Waals surface area contributed by atoms with Crippen molar-refractivity contribution >= 4 is 7.87 Å². The molecule has 2 rings (SSSR count). The fourth-order valence-corrected chi connectivity index (χ4v) is 4.14. The van der Waals surface area contributed by atoms with Gasteiger partial charge in [0.1, 0.15) is 12.3 Å². The van der Waals surface area contributed by atoms with Crippen molar-refractivity contribution in [3.63, 3.8) is 0 Å². The molecule has 0 radical (unpaired) electrons. The number of rotatable bonds is 2. The van der Waals surface area contributed by atoms with Gasteiger partial charge in [-0.3, -0.25) is 0 Å². The fraction of sp³-hybridized carbons (Fsp3) is 0.500. The third kappa shape index (κ3) is 2.61. The van der Waals surface area contributed by atoms with Crippen molar-refractivity contribution in [2.24, 2.45) is 0 Å². The van der Waals surface area contributed by atoms with Crippen molar-refractivity contribution in [2.75, 3.05) is 13.6 Å². The molecule has 0 amide bonds. The van der Waals surface area contributed by atoms with Crippen LogP contribution < -0.4 is 4.89 Å². The molecule has 0 aliphatic carbocycles. The number of benzene rings is 1. The van der Waals surface area contributed by atoms with Gasteiger partial charge in [0.05, 0.1) is 0 Å². The Bertz CT molecular complexity index is 346. The van der Waals surface area contributed by atoms with E-state index in [-0.39, 0.29) is 6.10 Å². The zero-order valence-corrected chi connectivity index (χ0v) is 10.7. The molecular weight excluding hydrogens is 221 g/mol. The molecule has 0 bridgehead atoms. The minimum absolute atomic E-state index is 0.103. The minimum Gasteiger partial charge on any atom is -0.641 e. The minimum atomic E-state index is -2.65. The summed E-state index contributed by atoms with van der Waals surface area (Å²) in [5.74, 6) is 0. The van der Waals surface area contributed by atoms with Crippen molar-refractivity contribution in [3.8, 4) is 0 Å². The molecule has 0 saturated carbocycles. The number of nitrogens with zero attached hydrogens (tertiary/aromatic N) is 1. The van der Waals surface area contributed by atoms with Gasteiger partial charge >= 0.3 is 0 Å². The molecule has 0 spiro atoms. The molecule has 1 aromatic rings. The third-order valence-electron chi connectivity index (χ3n) is 2.95. The quantitative estimate of drug-likeness (QED) is 0.741. The van der Waals surface area contributed by atoms with Crippen LogP contribution in [-0.2, 0) is 10.7 Å². The maximum atomic E-state index is 12.6. The van der Waals surface area contributed by atoms with Crippen LogP contribution >= 0.6 is 7.87 Å². The summed E-state index contributed by atoms with van der Waals surface area (Å²) in [6.45, 7) is 2.84. The SMILES string of the molecule is C[C@H]1CCN(C)[P+]([O-])(Cc2ccccc2)O1. The van der Waals surface area contributed by atoms with Crippen LogP contribution in [0.1, 0.15) is 18.9 Å². The van der Waals surface area contributed by atoms with Crippen LogP contribution in [0, 0.1) is 0 Å². The molecule has 1 unspecified atom stereocenters. The highest BCUT2D eigenvalue weighted by molar-refractivity contribution is 7.61. The molecule has 0 aromatic heterocycles. The zero-order valence-electron chi connectivity index (χ0n) is 9.80. The second-order valence-corrected chi connectivity index (χ2v) is 6.85. The highest BCUT2D eigenvalue weighted by atomic mass is 31.2. The summed E-state index contributed by atoms with van der Waals surface area (Å²) in [4.78, 5) is 12.6. The summed E-state index contributed by atoms with van der Waals surface area (Å²) in [6, 6.07) is 9.89. The Balaban J connectivity index is 2.12. The van der Waals surface area contributed by atoms with Crippen LogP contribution in [0.3, 0.4) is 0 Å². The highest BCUT2D eigenvalue weighted by Gasteiger charge is 2.39. The lowest BCUT2D eigenvalue weighted by atomic mass is 10.2. The second kappa shape index (κ2) is 4.80. The number of hydrogen-bond acceptors (Lipinski definition) is 3. The Labute approximate surface area is 97.6 Å². The van der Waals surface area contributed by atoms with Gasteiger partial charge in [-0.2, -0.15) is 4.67 Å². The van der Waals surface area contributed by atoms with E-state index in [2.05, 4.69) is 0 Å². The molecule has 1 aliphatic heterocycles. The van der Waals surface area contributed by atoms with Gasteiger partial charge in [-0.1, -0.05) is 30.3 Å². The Morgan fingerprint density at radius 1 is 1.44 bits per heavy atom. The summed E-state index contributed by atoms with van der Waals surface area (Å²) in [5, 5.41) is 0. The Morgan fingerprint density at radius 2 is 2.12 bits per heavy atom. The summed E-state index contributed by atoms with van der Waals surface area (Å²) < 4.78 is 7.55. The number of hydrogen-bond donors (Lipinski definition) is 0. The predicted octanol–water partition coefficient (Wildman–Crippen LogP) is 2.05. The third-order valence-corrected chi connectivity index (χ3v) is 5.64. The van der Waals surface area contributed by atoms with Crippen molar-refractivity contribution < 1.29 is 9.42 Å². The summed E-state index contributed by atoms with van der Waals surface area (Å²) in [7, 11) is -0.765. The van der Waals surface area contributed by atoms with Crippen LogP contribution in [0.5, 0.6) is 0 Å². The van der Waals surface area contributed by atoms with E-state index >= 15 is 0 Å². The first kappa shape index (κ1) is 12.0. The fourth-order valence-electron chi connectivity index (χ4n) is 1.91. The highest BCUT2D eigenvalue weighted by Crippen LogP contribution is 2.59. The lowest BCUT2D eigenvalue weighted by Gasteiger charge is -2.41. The van der Waals surface area contributed by atoms with Crippen LogP contribution in [0.4, 0.5) is 0 Å². The van der Waals surface area contributed by atoms with Crippen LogP contribution in [0.2, 0.25) is 0 Å². The Hall–Kier alpha value is -0.470. The Morgan fingerprint density at radius 3 is 2.81 bits per heavy atom. The normalized spacial score (nSPS) is 31.6. The zero-order chi connectivity index (χ0) is 11.6. The van der Waals surface area contributed by atoms with E-state index in [1.54, 1.807) is 0 Å². The smallest absolute Gasteiger partial charge is 0.178 e. The predicted molar refractivity (Wildman–Crippen MR) is 64.9 cm³/mol. The van der Waals surface area contributed by atoms with E-state index in [0.29, 0.717) is 6.16 Å². The van der Waals surface area contributed by atoms with E-state index in [1.807, 2.05) is 49.0 Å². The van der Waals surface area contributed by atoms with Crippen molar-refractivity contribution in [1.29, 1.82) is 0 Å².